The Morgan fingerprint density at radius 2 is 1.39 bits per heavy atom. The fourth-order valence-electron chi connectivity index (χ4n) is 5.27. The Balaban J connectivity index is 2.31. The number of rotatable bonds is 7. The molecule has 0 fully saturated rings. The van der Waals surface area contributed by atoms with Crippen LogP contribution in [-0.4, -0.2) is 27.3 Å². The van der Waals surface area contributed by atoms with E-state index in [1.807, 2.05) is 24.3 Å². The van der Waals surface area contributed by atoms with E-state index in [1.165, 1.54) is 0 Å². The zero-order valence-corrected chi connectivity index (χ0v) is 22.8. The van der Waals surface area contributed by atoms with E-state index in [2.05, 4.69) is 62.3 Å². The Bertz CT molecular complexity index is 983. The Hall–Kier alpha value is -2.34. The molecule has 0 aromatic heterocycles. The molecule has 1 aliphatic rings. The Morgan fingerprint density at radius 1 is 0.848 bits per heavy atom. The first kappa shape index (κ1) is 25.3. The molecule has 2 aromatic carbocycles. The Morgan fingerprint density at radius 3 is 1.88 bits per heavy atom. The molecule has 0 atom stereocenters. The summed E-state index contributed by atoms with van der Waals surface area (Å²) in [6.07, 6.45) is 0. The maximum atomic E-state index is 11.4. The van der Waals surface area contributed by atoms with E-state index in [0.717, 1.165) is 16.9 Å². The fraction of sp³-hybridized carbons (Fsp3) is 0.556. The van der Waals surface area contributed by atoms with E-state index in [1.54, 1.807) is 7.11 Å². The molecule has 0 spiro atoms. The van der Waals surface area contributed by atoms with Crippen LogP contribution in [0.15, 0.2) is 24.3 Å². The van der Waals surface area contributed by atoms with Crippen molar-refractivity contribution in [1.29, 1.82) is 0 Å². The lowest BCUT2D eigenvalue weighted by atomic mass is 9.84. The van der Waals surface area contributed by atoms with Gasteiger partial charge in [0, 0.05) is 22.8 Å². The van der Waals surface area contributed by atoms with Gasteiger partial charge in [0.25, 0.3) is 8.32 Å². The molecule has 3 rings (SSSR count). The summed E-state index contributed by atoms with van der Waals surface area (Å²) in [5.74, 6) is 2.98. The number of hydrogen-bond acceptors (Lipinski definition) is 5. The zero-order valence-electron chi connectivity index (χ0n) is 21.8. The maximum absolute atomic E-state index is 11.4. The average molecular weight is 473 g/mol. The van der Waals surface area contributed by atoms with E-state index in [0.29, 0.717) is 39.4 Å². The lowest BCUT2D eigenvalue weighted by molar-refractivity contribution is 0.174. The van der Waals surface area contributed by atoms with Crippen molar-refractivity contribution in [2.75, 3.05) is 13.9 Å². The van der Waals surface area contributed by atoms with Crippen molar-refractivity contribution in [2.24, 2.45) is 0 Å². The van der Waals surface area contributed by atoms with Crippen molar-refractivity contribution in [3.63, 3.8) is 0 Å². The molecule has 0 aliphatic carbocycles. The molecule has 1 aliphatic heterocycles. The van der Waals surface area contributed by atoms with Crippen LogP contribution in [0.1, 0.15) is 67.9 Å². The summed E-state index contributed by atoms with van der Waals surface area (Å²) in [6, 6.07) is 7.64. The fourth-order valence-corrected chi connectivity index (χ4v) is 10.5. The van der Waals surface area contributed by atoms with Gasteiger partial charge in [-0.1, -0.05) is 62.3 Å². The van der Waals surface area contributed by atoms with Gasteiger partial charge in [0.15, 0.2) is 11.5 Å². The number of aromatic hydroxyl groups is 1. The van der Waals surface area contributed by atoms with Crippen molar-refractivity contribution in [2.45, 2.75) is 84.4 Å². The molecule has 0 saturated carbocycles. The molecule has 1 heterocycles. The second-order valence-corrected chi connectivity index (χ2v) is 16.3. The molecule has 0 amide bonds. The van der Waals surface area contributed by atoms with Gasteiger partial charge >= 0.3 is 0 Å². The summed E-state index contributed by atoms with van der Waals surface area (Å²) in [4.78, 5) is 0. The predicted molar refractivity (Wildman–Crippen MR) is 137 cm³/mol. The minimum Gasteiger partial charge on any atom is -0.542 e. The zero-order chi connectivity index (χ0) is 24.7. The van der Waals surface area contributed by atoms with Crippen LogP contribution in [0.2, 0.25) is 16.6 Å². The van der Waals surface area contributed by atoms with Gasteiger partial charge in [0.1, 0.15) is 17.2 Å². The molecule has 5 nitrogen and oxygen atoms in total. The van der Waals surface area contributed by atoms with Crippen LogP contribution in [0, 0.1) is 0 Å². The number of benzene rings is 2. The third-order valence-corrected chi connectivity index (χ3v) is 12.9. The third kappa shape index (κ3) is 4.54. The molecule has 182 valence electrons. The molecular formula is C27H40O5Si. The quantitative estimate of drug-likeness (QED) is 0.419. The van der Waals surface area contributed by atoms with E-state index in [9.17, 15) is 5.11 Å². The van der Waals surface area contributed by atoms with Crippen LogP contribution >= 0.6 is 0 Å². The standard InChI is InChI=1S/C27H40O5Si/c1-16(2)33(17(3)4,18(5)6)32-23-14-25-24(30-15-31-25)13-20(23)21-11-19(29-10)12-22(26(21)28)27(7,8)9/h11-14,16-18,28H,15H2,1-10H3. The van der Waals surface area contributed by atoms with Crippen LogP contribution in [0.3, 0.4) is 0 Å². The highest BCUT2D eigenvalue weighted by molar-refractivity contribution is 6.78. The van der Waals surface area contributed by atoms with Crippen molar-refractivity contribution < 1.29 is 23.7 Å². The number of phenolic OH excluding ortho intramolecular Hbond substituents is 1. The van der Waals surface area contributed by atoms with Crippen LogP contribution in [0.4, 0.5) is 0 Å². The summed E-state index contributed by atoms with van der Waals surface area (Å²) >= 11 is 0. The second-order valence-electron chi connectivity index (χ2n) is 10.9. The van der Waals surface area contributed by atoms with E-state index < -0.39 is 8.32 Å². The molecule has 0 bridgehead atoms. The first-order valence-electron chi connectivity index (χ1n) is 11.9. The van der Waals surface area contributed by atoms with Gasteiger partial charge in [0.05, 0.1) is 7.11 Å². The first-order chi connectivity index (χ1) is 15.3. The van der Waals surface area contributed by atoms with Crippen molar-refractivity contribution >= 4 is 8.32 Å². The van der Waals surface area contributed by atoms with Crippen LogP contribution < -0.4 is 18.6 Å². The average Bonchev–Trinajstić information content (AvgIpc) is 3.17. The first-order valence-corrected chi connectivity index (χ1v) is 14.0. The van der Waals surface area contributed by atoms with Crippen LogP contribution in [-0.2, 0) is 5.41 Å². The van der Waals surface area contributed by atoms with Crippen LogP contribution in [0.5, 0.6) is 28.7 Å². The van der Waals surface area contributed by atoms with Crippen molar-refractivity contribution in [3.8, 4) is 39.9 Å². The van der Waals surface area contributed by atoms with Gasteiger partial charge in [-0.05, 0) is 40.2 Å². The molecule has 1 N–H and O–H groups in total. The molecular weight excluding hydrogens is 432 g/mol. The van der Waals surface area contributed by atoms with E-state index >= 15 is 0 Å². The van der Waals surface area contributed by atoms with Crippen LogP contribution in [0.25, 0.3) is 11.1 Å². The highest BCUT2D eigenvalue weighted by atomic mass is 28.4. The number of ether oxygens (including phenoxy) is 3. The summed E-state index contributed by atoms with van der Waals surface area (Å²) in [5.41, 5.74) is 3.23. The summed E-state index contributed by atoms with van der Waals surface area (Å²) in [6.45, 7) is 20.0. The third-order valence-electron chi connectivity index (χ3n) is 6.89. The van der Waals surface area contributed by atoms with Crippen molar-refractivity contribution in [1.82, 2.24) is 0 Å². The van der Waals surface area contributed by atoms with Gasteiger partial charge in [-0.25, -0.2) is 0 Å². The van der Waals surface area contributed by atoms with E-state index in [4.69, 9.17) is 18.6 Å². The molecule has 0 radical (unpaired) electrons. The lowest BCUT2D eigenvalue weighted by Gasteiger charge is -2.42. The SMILES string of the molecule is COc1cc(-c2cc3c(cc2O[Si](C(C)C)(C(C)C)C(C)C)OCO3)c(O)c(C(C)(C)C)c1. The number of methoxy groups -OCH3 is 1. The molecule has 0 saturated heterocycles. The number of fused-ring (bicyclic) bond motifs is 1. The molecule has 33 heavy (non-hydrogen) atoms. The summed E-state index contributed by atoms with van der Waals surface area (Å²) in [5, 5.41) is 11.4. The number of hydrogen-bond donors (Lipinski definition) is 1. The lowest BCUT2D eigenvalue weighted by Crippen LogP contribution is -2.50. The van der Waals surface area contributed by atoms with Gasteiger partial charge in [-0.2, -0.15) is 0 Å². The van der Waals surface area contributed by atoms with Crippen molar-refractivity contribution in [3.05, 3.63) is 29.8 Å². The van der Waals surface area contributed by atoms with Gasteiger partial charge in [0.2, 0.25) is 6.79 Å². The van der Waals surface area contributed by atoms with E-state index in [-0.39, 0.29) is 18.0 Å². The smallest absolute Gasteiger partial charge is 0.258 e. The number of phenols is 1. The highest BCUT2D eigenvalue weighted by Gasteiger charge is 2.47. The summed E-state index contributed by atoms with van der Waals surface area (Å²) < 4.78 is 24.1. The Labute approximate surface area is 200 Å². The largest absolute Gasteiger partial charge is 0.542 e. The van der Waals surface area contributed by atoms with Gasteiger partial charge in [-0.3, -0.25) is 0 Å². The Kier molecular flexibility index (Phi) is 6.99. The molecule has 0 unspecified atom stereocenters. The molecule has 2 aromatic rings. The van der Waals surface area contributed by atoms with Gasteiger partial charge < -0.3 is 23.7 Å². The normalized spacial score (nSPS) is 13.8. The van der Waals surface area contributed by atoms with Gasteiger partial charge in [-0.15, -0.1) is 0 Å². The topological polar surface area (TPSA) is 57.2 Å². The minimum absolute atomic E-state index is 0.177. The minimum atomic E-state index is -2.26. The second kappa shape index (κ2) is 9.13. The summed E-state index contributed by atoms with van der Waals surface area (Å²) in [7, 11) is -0.617. The monoisotopic (exact) mass is 472 g/mol. The maximum Gasteiger partial charge on any atom is 0.258 e. The highest BCUT2D eigenvalue weighted by Crippen LogP contribution is 2.51. The molecule has 6 heteroatoms. The predicted octanol–water partition coefficient (Wildman–Crippen LogP) is 7.65.